The number of methoxy groups -OCH3 is 1. The summed E-state index contributed by atoms with van der Waals surface area (Å²) in [7, 11) is 1.60. The smallest absolute Gasteiger partial charge is 0.339 e. The Balaban J connectivity index is 1.75. The van der Waals surface area contributed by atoms with E-state index in [0.29, 0.717) is 28.9 Å². The number of carboxylic acids is 1. The molecule has 3 aromatic rings. The van der Waals surface area contributed by atoms with Crippen LogP contribution in [0.2, 0.25) is 0 Å². The van der Waals surface area contributed by atoms with Gasteiger partial charge in [0.25, 0.3) is 0 Å². The van der Waals surface area contributed by atoms with Crippen molar-refractivity contribution in [3.63, 3.8) is 0 Å². The Hall–Kier alpha value is -3.81. The highest BCUT2D eigenvalue weighted by Gasteiger charge is 2.29. The van der Waals surface area contributed by atoms with Gasteiger partial charge in [-0.3, -0.25) is 9.78 Å². The van der Waals surface area contributed by atoms with Crippen molar-refractivity contribution in [2.45, 2.75) is 27.3 Å². The van der Waals surface area contributed by atoms with Gasteiger partial charge in [-0.1, -0.05) is 18.2 Å². The first kappa shape index (κ1) is 22.9. The predicted molar refractivity (Wildman–Crippen MR) is 122 cm³/mol. The van der Waals surface area contributed by atoms with Crippen LogP contribution < -0.4 is 20.5 Å². The number of nitrogen functional groups attached to an aromatic ring is 1. The van der Waals surface area contributed by atoms with Gasteiger partial charge in [0.2, 0.25) is 5.91 Å². The molecule has 2 aromatic carbocycles. The molecule has 8 heteroatoms. The lowest BCUT2D eigenvalue weighted by atomic mass is 9.93. The van der Waals surface area contributed by atoms with Gasteiger partial charge in [0.05, 0.1) is 34.8 Å². The van der Waals surface area contributed by atoms with Crippen molar-refractivity contribution >= 4 is 28.5 Å². The molecule has 4 N–H and O–H groups in total. The minimum atomic E-state index is -1.15. The SMILES string of the molecule is COc1ccc(CNC(=O)C(C)(C)COc2cccc3nc(C)c(C(=O)O)c(N)c23)cc1. The quantitative estimate of drug-likeness (QED) is 0.492. The zero-order chi connectivity index (χ0) is 23.5. The number of aromatic nitrogens is 1. The summed E-state index contributed by atoms with van der Waals surface area (Å²) in [6.45, 7) is 5.59. The number of hydrogen-bond donors (Lipinski definition) is 3. The topological polar surface area (TPSA) is 124 Å². The fraction of sp³-hybridized carbons (Fsp3) is 0.292. The summed E-state index contributed by atoms with van der Waals surface area (Å²) in [6, 6.07) is 12.6. The van der Waals surface area contributed by atoms with Gasteiger partial charge in [0.1, 0.15) is 23.7 Å². The van der Waals surface area contributed by atoms with Crippen molar-refractivity contribution in [2.75, 3.05) is 19.5 Å². The Morgan fingerprint density at radius 1 is 1.16 bits per heavy atom. The number of nitrogens with zero attached hydrogens (tertiary/aromatic N) is 1. The first-order valence-electron chi connectivity index (χ1n) is 10.1. The summed E-state index contributed by atoms with van der Waals surface area (Å²) < 4.78 is 11.1. The number of nitrogens with one attached hydrogen (secondary N) is 1. The second kappa shape index (κ2) is 9.13. The molecule has 0 atom stereocenters. The van der Waals surface area contributed by atoms with E-state index in [2.05, 4.69) is 10.3 Å². The number of aromatic carboxylic acids is 1. The van der Waals surface area contributed by atoms with E-state index in [0.717, 1.165) is 11.3 Å². The van der Waals surface area contributed by atoms with Gasteiger partial charge in [0, 0.05) is 6.54 Å². The van der Waals surface area contributed by atoms with Crippen molar-refractivity contribution < 1.29 is 24.2 Å². The number of ether oxygens (including phenoxy) is 2. The maximum atomic E-state index is 12.8. The lowest BCUT2D eigenvalue weighted by Crippen LogP contribution is -2.40. The number of carbonyl (C=O) groups is 2. The average Bonchev–Trinajstić information content (AvgIpc) is 2.75. The minimum Gasteiger partial charge on any atom is -0.497 e. The molecule has 1 aromatic heterocycles. The van der Waals surface area contributed by atoms with Crippen LogP contribution in [0.25, 0.3) is 10.9 Å². The molecule has 0 saturated carbocycles. The predicted octanol–water partition coefficient (Wildman–Crippen LogP) is 3.55. The summed E-state index contributed by atoms with van der Waals surface area (Å²) in [5.74, 6) is -0.200. The highest BCUT2D eigenvalue weighted by molar-refractivity contribution is 6.06. The Morgan fingerprint density at radius 3 is 2.47 bits per heavy atom. The molecule has 0 saturated heterocycles. The summed E-state index contributed by atoms with van der Waals surface area (Å²) in [5.41, 5.74) is 7.17. The second-order valence-electron chi connectivity index (χ2n) is 8.14. The van der Waals surface area contributed by atoms with Gasteiger partial charge in [-0.25, -0.2) is 4.79 Å². The number of aryl methyl sites for hydroxylation is 1. The van der Waals surface area contributed by atoms with Crippen LogP contribution in [0.15, 0.2) is 42.5 Å². The van der Waals surface area contributed by atoms with Gasteiger partial charge in [-0.05, 0) is 50.6 Å². The Labute approximate surface area is 186 Å². The summed E-state index contributed by atoms with van der Waals surface area (Å²) in [6.07, 6.45) is 0. The molecule has 0 radical (unpaired) electrons. The molecule has 3 rings (SSSR count). The Bertz CT molecular complexity index is 1160. The first-order valence-corrected chi connectivity index (χ1v) is 10.1. The number of anilines is 1. The number of amides is 1. The molecular formula is C24H27N3O5. The normalized spacial score (nSPS) is 11.2. The van der Waals surface area contributed by atoms with Crippen molar-refractivity contribution in [1.29, 1.82) is 0 Å². The summed E-state index contributed by atoms with van der Waals surface area (Å²) in [5, 5.41) is 12.8. The Morgan fingerprint density at radius 2 is 1.84 bits per heavy atom. The highest BCUT2D eigenvalue weighted by Crippen LogP contribution is 2.34. The number of carboxylic acid groups (broad SMARTS) is 1. The van der Waals surface area contributed by atoms with Gasteiger partial charge < -0.3 is 25.6 Å². The van der Waals surface area contributed by atoms with Crippen LogP contribution in [-0.4, -0.2) is 35.7 Å². The molecule has 0 aliphatic carbocycles. The largest absolute Gasteiger partial charge is 0.497 e. The van der Waals surface area contributed by atoms with Crippen molar-refractivity contribution in [1.82, 2.24) is 10.3 Å². The molecule has 1 amide bonds. The minimum absolute atomic E-state index is 0.0509. The molecule has 8 nitrogen and oxygen atoms in total. The maximum absolute atomic E-state index is 12.8. The van der Waals surface area contributed by atoms with Crippen LogP contribution in [0.4, 0.5) is 5.69 Å². The summed E-state index contributed by atoms with van der Waals surface area (Å²) >= 11 is 0. The lowest BCUT2D eigenvalue weighted by Gasteiger charge is -2.24. The number of benzene rings is 2. The van der Waals surface area contributed by atoms with Gasteiger partial charge in [-0.2, -0.15) is 0 Å². The standard InChI is InChI=1S/C24H27N3O5/c1-14-19(22(28)29)21(25)20-17(27-14)6-5-7-18(20)32-13-24(2,3)23(30)26-12-15-8-10-16(31-4)11-9-15/h5-11H,12-13H2,1-4H3,(H2,25,27)(H,26,30)(H,28,29). The van der Waals surface area contributed by atoms with E-state index < -0.39 is 11.4 Å². The van der Waals surface area contributed by atoms with Crippen molar-refractivity contribution in [2.24, 2.45) is 5.41 Å². The Kier molecular flexibility index (Phi) is 6.53. The number of pyridine rings is 1. The molecule has 0 unspecified atom stereocenters. The van der Waals surface area contributed by atoms with E-state index in [1.165, 1.54) is 0 Å². The van der Waals surface area contributed by atoms with E-state index in [1.807, 2.05) is 24.3 Å². The molecule has 168 valence electrons. The van der Waals surface area contributed by atoms with E-state index in [9.17, 15) is 14.7 Å². The van der Waals surface area contributed by atoms with Crippen LogP contribution in [-0.2, 0) is 11.3 Å². The van der Waals surface area contributed by atoms with E-state index >= 15 is 0 Å². The zero-order valence-electron chi connectivity index (χ0n) is 18.6. The average molecular weight is 437 g/mol. The fourth-order valence-electron chi connectivity index (χ4n) is 3.32. The van der Waals surface area contributed by atoms with E-state index in [4.69, 9.17) is 15.2 Å². The number of rotatable bonds is 8. The lowest BCUT2D eigenvalue weighted by molar-refractivity contribution is -0.131. The molecule has 0 spiro atoms. The maximum Gasteiger partial charge on any atom is 0.339 e. The van der Waals surface area contributed by atoms with Crippen LogP contribution in [0.5, 0.6) is 11.5 Å². The van der Waals surface area contributed by atoms with Crippen LogP contribution in [0.1, 0.15) is 35.5 Å². The highest BCUT2D eigenvalue weighted by atomic mass is 16.5. The molecule has 0 aliphatic heterocycles. The van der Waals surface area contributed by atoms with Crippen molar-refractivity contribution in [3.8, 4) is 11.5 Å². The molecule has 32 heavy (non-hydrogen) atoms. The van der Waals surface area contributed by atoms with Crippen LogP contribution in [0, 0.1) is 12.3 Å². The monoisotopic (exact) mass is 437 g/mol. The van der Waals surface area contributed by atoms with E-state index in [-0.39, 0.29) is 23.8 Å². The van der Waals surface area contributed by atoms with Gasteiger partial charge in [-0.15, -0.1) is 0 Å². The number of fused-ring (bicyclic) bond motifs is 1. The molecular weight excluding hydrogens is 410 g/mol. The molecule has 0 bridgehead atoms. The first-order chi connectivity index (χ1) is 15.1. The number of hydrogen-bond acceptors (Lipinski definition) is 6. The third-order valence-corrected chi connectivity index (χ3v) is 5.22. The third kappa shape index (κ3) is 4.74. The summed E-state index contributed by atoms with van der Waals surface area (Å²) in [4.78, 5) is 28.7. The number of nitrogens with two attached hydrogens (primary N) is 1. The van der Waals surface area contributed by atoms with Crippen LogP contribution >= 0.6 is 0 Å². The third-order valence-electron chi connectivity index (χ3n) is 5.22. The number of carbonyl (C=O) groups excluding carboxylic acids is 1. The molecule has 0 fully saturated rings. The van der Waals surface area contributed by atoms with Crippen LogP contribution in [0.3, 0.4) is 0 Å². The fourth-order valence-corrected chi connectivity index (χ4v) is 3.32. The molecule has 1 heterocycles. The molecule has 0 aliphatic rings. The second-order valence-corrected chi connectivity index (χ2v) is 8.14. The van der Waals surface area contributed by atoms with Gasteiger partial charge in [0.15, 0.2) is 0 Å². The zero-order valence-corrected chi connectivity index (χ0v) is 18.6. The van der Waals surface area contributed by atoms with E-state index in [1.54, 1.807) is 46.1 Å². The van der Waals surface area contributed by atoms with Crippen molar-refractivity contribution in [3.05, 3.63) is 59.3 Å². The van der Waals surface area contributed by atoms with Gasteiger partial charge >= 0.3 is 5.97 Å².